The molecule has 0 radical (unpaired) electrons. The number of aliphatic hydroxyl groups excluding tert-OH is 1. The number of amides is 2. The van der Waals surface area contributed by atoms with Crippen LogP contribution in [0.15, 0.2) is 24.3 Å². The molecule has 1 aromatic carbocycles. The van der Waals surface area contributed by atoms with Gasteiger partial charge in [-0.3, -0.25) is 9.59 Å². The highest BCUT2D eigenvalue weighted by Crippen LogP contribution is 2.18. The summed E-state index contributed by atoms with van der Waals surface area (Å²) in [6.45, 7) is 5.67. The van der Waals surface area contributed by atoms with Gasteiger partial charge >= 0.3 is 0 Å². The number of nitrogens with one attached hydrogen (secondary N) is 1. The number of carbonyl (C=O) groups is 2. The first kappa shape index (κ1) is 16.2. The van der Waals surface area contributed by atoms with Gasteiger partial charge in [-0.1, -0.05) is 26.8 Å². The van der Waals surface area contributed by atoms with Gasteiger partial charge in [0.05, 0.1) is 6.61 Å². The summed E-state index contributed by atoms with van der Waals surface area (Å²) >= 11 is 0. The molecule has 2 N–H and O–H groups in total. The molecule has 0 bridgehead atoms. The zero-order valence-electron chi connectivity index (χ0n) is 12.4. The predicted molar refractivity (Wildman–Crippen MR) is 78.6 cm³/mol. The van der Waals surface area contributed by atoms with Crippen molar-refractivity contribution in [3.63, 3.8) is 0 Å². The van der Waals surface area contributed by atoms with Gasteiger partial charge in [-0.2, -0.15) is 0 Å². The Kier molecular flexibility index (Phi) is 5.27. The second-order valence-electron chi connectivity index (χ2n) is 5.74. The average Bonchev–Trinajstić information content (AvgIpc) is 2.37. The summed E-state index contributed by atoms with van der Waals surface area (Å²) in [5.74, 6) is -0.295. The van der Waals surface area contributed by atoms with Crippen molar-refractivity contribution in [2.24, 2.45) is 5.41 Å². The van der Waals surface area contributed by atoms with Crippen molar-refractivity contribution in [2.75, 3.05) is 25.5 Å². The van der Waals surface area contributed by atoms with Crippen LogP contribution in [0, 0.1) is 5.41 Å². The maximum absolute atomic E-state index is 12.1. The van der Waals surface area contributed by atoms with Crippen LogP contribution < -0.4 is 5.32 Å². The molecule has 0 atom stereocenters. The molecule has 1 aromatic rings. The van der Waals surface area contributed by atoms with Gasteiger partial charge in [0.1, 0.15) is 0 Å². The molecule has 110 valence electrons. The SMILES string of the molecule is CN(CCO)C(=O)c1cccc(NC(=O)C(C)(C)C)c1. The van der Waals surface area contributed by atoms with Gasteiger partial charge in [0, 0.05) is 30.3 Å². The zero-order valence-corrected chi connectivity index (χ0v) is 12.4. The third-order valence-electron chi connectivity index (χ3n) is 2.83. The van der Waals surface area contributed by atoms with E-state index in [9.17, 15) is 9.59 Å². The zero-order chi connectivity index (χ0) is 15.3. The van der Waals surface area contributed by atoms with Crippen molar-refractivity contribution < 1.29 is 14.7 Å². The van der Waals surface area contributed by atoms with Gasteiger partial charge in [0.2, 0.25) is 5.91 Å². The van der Waals surface area contributed by atoms with Crippen molar-refractivity contribution >= 4 is 17.5 Å². The molecule has 5 heteroatoms. The Morgan fingerprint density at radius 1 is 1.30 bits per heavy atom. The van der Waals surface area contributed by atoms with E-state index in [-0.39, 0.29) is 25.0 Å². The Morgan fingerprint density at radius 2 is 1.95 bits per heavy atom. The molecule has 0 aromatic heterocycles. The molecule has 0 aliphatic rings. The van der Waals surface area contributed by atoms with Crippen LogP contribution in [0.5, 0.6) is 0 Å². The van der Waals surface area contributed by atoms with E-state index >= 15 is 0 Å². The van der Waals surface area contributed by atoms with E-state index in [4.69, 9.17) is 5.11 Å². The van der Waals surface area contributed by atoms with Crippen molar-refractivity contribution in [2.45, 2.75) is 20.8 Å². The quantitative estimate of drug-likeness (QED) is 0.881. The van der Waals surface area contributed by atoms with Crippen LogP contribution in [0.25, 0.3) is 0 Å². The molecule has 0 fully saturated rings. The predicted octanol–water partition coefficient (Wildman–Crippen LogP) is 1.74. The first-order valence-corrected chi connectivity index (χ1v) is 6.53. The van der Waals surface area contributed by atoms with Crippen LogP contribution in [0.2, 0.25) is 0 Å². The Hall–Kier alpha value is -1.88. The summed E-state index contributed by atoms with van der Waals surface area (Å²) in [6.07, 6.45) is 0. The van der Waals surface area contributed by atoms with E-state index in [0.717, 1.165) is 0 Å². The summed E-state index contributed by atoms with van der Waals surface area (Å²) in [7, 11) is 1.62. The van der Waals surface area contributed by atoms with Crippen LogP contribution in [0.4, 0.5) is 5.69 Å². The Balaban J connectivity index is 2.86. The van der Waals surface area contributed by atoms with E-state index in [1.165, 1.54) is 4.90 Å². The molecule has 0 spiro atoms. The van der Waals surface area contributed by atoms with Crippen molar-refractivity contribution in [1.82, 2.24) is 4.90 Å². The molecule has 1 rings (SSSR count). The number of anilines is 1. The highest BCUT2D eigenvalue weighted by atomic mass is 16.3. The smallest absolute Gasteiger partial charge is 0.253 e. The van der Waals surface area contributed by atoms with Gasteiger partial charge in [0.25, 0.3) is 5.91 Å². The highest BCUT2D eigenvalue weighted by molar-refractivity contribution is 5.98. The van der Waals surface area contributed by atoms with E-state index in [0.29, 0.717) is 11.3 Å². The molecule has 0 aliphatic heterocycles. The summed E-state index contributed by atoms with van der Waals surface area (Å²) in [5.41, 5.74) is 0.578. The second-order valence-corrected chi connectivity index (χ2v) is 5.74. The van der Waals surface area contributed by atoms with Crippen molar-refractivity contribution in [3.05, 3.63) is 29.8 Å². The highest BCUT2D eigenvalue weighted by Gasteiger charge is 2.21. The van der Waals surface area contributed by atoms with Crippen LogP contribution in [0.1, 0.15) is 31.1 Å². The third kappa shape index (κ3) is 4.35. The van der Waals surface area contributed by atoms with Crippen LogP contribution in [-0.4, -0.2) is 42.0 Å². The number of likely N-dealkylation sites (N-methyl/N-ethyl adjacent to an activating group) is 1. The normalized spacial score (nSPS) is 11.1. The lowest BCUT2D eigenvalue weighted by molar-refractivity contribution is -0.123. The standard InChI is InChI=1S/C15H22N2O3/c1-15(2,3)14(20)16-12-7-5-6-11(10-12)13(19)17(4)8-9-18/h5-7,10,18H,8-9H2,1-4H3,(H,16,20). The lowest BCUT2D eigenvalue weighted by Gasteiger charge is -2.19. The molecule has 5 nitrogen and oxygen atoms in total. The summed E-state index contributed by atoms with van der Waals surface area (Å²) in [5, 5.41) is 11.6. The second kappa shape index (κ2) is 6.52. The third-order valence-corrected chi connectivity index (χ3v) is 2.83. The number of rotatable bonds is 4. The largest absolute Gasteiger partial charge is 0.395 e. The van der Waals surface area contributed by atoms with Crippen LogP contribution in [-0.2, 0) is 4.79 Å². The molecule has 0 saturated carbocycles. The fourth-order valence-corrected chi connectivity index (χ4v) is 1.52. The minimum Gasteiger partial charge on any atom is -0.395 e. The van der Waals surface area contributed by atoms with Gasteiger partial charge in [-0.25, -0.2) is 0 Å². The van der Waals surface area contributed by atoms with Gasteiger partial charge in [0.15, 0.2) is 0 Å². The Morgan fingerprint density at radius 3 is 2.50 bits per heavy atom. The average molecular weight is 278 g/mol. The molecule has 2 amide bonds. The number of hydrogen-bond donors (Lipinski definition) is 2. The lowest BCUT2D eigenvalue weighted by atomic mass is 9.95. The molecular weight excluding hydrogens is 256 g/mol. The monoisotopic (exact) mass is 278 g/mol. The fraction of sp³-hybridized carbons (Fsp3) is 0.467. The minimum absolute atomic E-state index is 0.0807. The van der Waals surface area contributed by atoms with Crippen molar-refractivity contribution in [1.29, 1.82) is 0 Å². The Labute approximate surface area is 119 Å². The maximum Gasteiger partial charge on any atom is 0.253 e. The van der Waals surface area contributed by atoms with E-state index < -0.39 is 5.41 Å². The lowest BCUT2D eigenvalue weighted by Crippen LogP contribution is -2.30. The minimum atomic E-state index is -0.492. The van der Waals surface area contributed by atoms with E-state index in [2.05, 4.69) is 5.32 Å². The van der Waals surface area contributed by atoms with Gasteiger partial charge in [-0.05, 0) is 18.2 Å². The maximum atomic E-state index is 12.1. The van der Waals surface area contributed by atoms with E-state index in [1.54, 1.807) is 31.3 Å². The number of aliphatic hydroxyl groups is 1. The summed E-state index contributed by atoms with van der Waals surface area (Å²) in [6, 6.07) is 6.79. The van der Waals surface area contributed by atoms with Gasteiger partial charge in [-0.15, -0.1) is 0 Å². The van der Waals surface area contributed by atoms with Crippen LogP contribution in [0.3, 0.4) is 0 Å². The summed E-state index contributed by atoms with van der Waals surface area (Å²) in [4.78, 5) is 25.4. The molecule has 0 saturated heterocycles. The first-order chi connectivity index (χ1) is 9.25. The molecule has 0 heterocycles. The van der Waals surface area contributed by atoms with E-state index in [1.807, 2.05) is 20.8 Å². The number of nitrogens with zero attached hydrogens (tertiary/aromatic N) is 1. The number of hydrogen-bond acceptors (Lipinski definition) is 3. The fourth-order valence-electron chi connectivity index (χ4n) is 1.52. The molecule has 20 heavy (non-hydrogen) atoms. The van der Waals surface area contributed by atoms with Crippen LogP contribution >= 0.6 is 0 Å². The molecule has 0 aliphatic carbocycles. The first-order valence-electron chi connectivity index (χ1n) is 6.53. The topological polar surface area (TPSA) is 69.6 Å². The number of carbonyl (C=O) groups excluding carboxylic acids is 2. The number of benzene rings is 1. The van der Waals surface area contributed by atoms with Crippen molar-refractivity contribution in [3.8, 4) is 0 Å². The Bertz CT molecular complexity index is 492. The molecule has 0 unspecified atom stereocenters. The summed E-state index contributed by atoms with van der Waals surface area (Å²) < 4.78 is 0. The van der Waals surface area contributed by atoms with Gasteiger partial charge < -0.3 is 15.3 Å². The molecular formula is C15H22N2O3.